The number of hydrogen-bond acceptors (Lipinski definition) is 5. The minimum absolute atomic E-state index is 0.124. The van der Waals surface area contributed by atoms with Gasteiger partial charge in [0.25, 0.3) is 11.8 Å². The number of nitrogens with zero attached hydrogens (tertiary/aromatic N) is 2. The van der Waals surface area contributed by atoms with Crippen molar-refractivity contribution in [2.45, 2.75) is 20.8 Å². The zero-order valence-corrected chi connectivity index (χ0v) is 13.4. The highest BCUT2D eigenvalue weighted by Gasteiger charge is 2.19. The standard InChI is InChI=1S/C14H17N3O3S/c1-7-6-10(9(3)20-7)12(18)16-14-15-8(2)11(21-14)13(19)17(4)5/h6H,1-5H3,(H,15,16,18). The van der Waals surface area contributed by atoms with Crippen molar-refractivity contribution in [1.82, 2.24) is 9.88 Å². The van der Waals surface area contributed by atoms with E-state index in [0.717, 1.165) is 0 Å². The third-order valence-electron chi connectivity index (χ3n) is 2.90. The van der Waals surface area contributed by atoms with Crippen LogP contribution >= 0.6 is 11.3 Å². The molecule has 0 aromatic carbocycles. The molecule has 2 amide bonds. The minimum atomic E-state index is -0.290. The number of thiazole rings is 1. The molecule has 0 saturated carbocycles. The number of rotatable bonds is 3. The highest BCUT2D eigenvalue weighted by molar-refractivity contribution is 7.17. The van der Waals surface area contributed by atoms with Crippen LogP contribution in [0.15, 0.2) is 10.5 Å². The van der Waals surface area contributed by atoms with E-state index in [1.54, 1.807) is 40.9 Å². The Morgan fingerprint density at radius 3 is 2.48 bits per heavy atom. The van der Waals surface area contributed by atoms with Gasteiger partial charge >= 0.3 is 0 Å². The van der Waals surface area contributed by atoms with Crippen LogP contribution in [0.2, 0.25) is 0 Å². The van der Waals surface area contributed by atoms with E-state index in [2.05, 4.69) is 10.3 Å². The van der Waals surface area contributed by atoms with E-state index >= 15 is 0 Å². The zero-order chi connectivity index (χ0) is 15.7. The summed E-state index contributed by atoms with van der Waals surface area (Å²) in [7, 11) is 3.36. The molecule has 0 unspecified atom stereocenters. The van der Waals surface area contributed by atoms with E-state index in [1.165, 1.54) is 16.2 Å². The minimum Gasteiger partial charge on any atom is -0.466 e. The van der Waals surface area contributed by atoms with E-state index in [1.807, 2.05) is 0 Å². The van der Waals surface area contributed by atoms with Crippen molar-refractivity contribution in [2.24, 2.45) is 0 Å². The number of furan rings is 1. The lowest BCUT2D eigenvalue weighted by Gasteiger charge is -2.07. The fraction of sp³-hybridized carbons (Fsp3) is 0.357. The van der Waals surface area contributed by atoms with Crippen molar-refractivity contribution in [1.29, 1.82) is 0 Å². The molecule has 2 rings (SSSR count). The van der Waals surface area contributed by atoms with Gasteiger partial charge in [-0.25, -0.2) is 4.98 Å². The van der Waals surface area contributed by atoms with Crippen molar-refractivity contribution < 1.29 is 14.0 Å². The predicted molar refractivity (Wildman–Crippen MR) is 81.0 cm³/mol. The van der Waals surface area contributed by atoms with Gasteiger partial charge in [-0.05, 0) is 26.8 Å². The first kappa shape index (κ1) is 15.2. The van der Waals surface area contributed by atoms with Gasteiger partial charge in [0, 0.05) is 14.1 Å². The highest BCUT2D eigenvalue weighted by Crippen LogP contribution is 2.24. The molecule has 7 heteroatoms. The topological polar surface area (TPSA) is 75.4 Å². The molecule has 0 aliphatic rings. The van der Waals surface area contributed by atoms with Crippen LogP contribution in [-0.4, -0.2) is 35.8 Å². The predicted octanol–water partition coefficient (Wildman–Crippen LogP) is 2.62. The van der Waals surface area contributed by atoms with Crippen LogP contribution in [0.4, 0.5) is 5.13 Å². The van der Waals surface area contributed by atoms with Gasteiger partial charge < -0.3 is 9.32 Å². The third kappa shape index (κ3) is 3.13. The maximum Gasteiger partial charge on any atom is 0.265 e. The van der Waals surface area contributed by atoms with Crippen molar-refractivity contribution in [3.63, 3.8) is 0 Å². The number of aryl methyl sites for hydroxylation is 3. The summed E-state index contributed by atoms with van der Waals surface area (Å²) in [6.07, 6.45) is 0. The summed E-state index contributed by atoms with van der Waals surface area (Å²) in [6.45, 7) is 5.26. The summed E-state index contributed by atoms with van der Waals surface area (Å²) in [5.41, 5.74) is 1.08. The van der Waals surface area contributed by atoms with E-state index in [4.69, 9.17) is 4.42 Å². The van der Waals surface area contributed by atoms with Gasteiger partial charge in [-0.1, -0.05) is 11.3 Å². The van der Waals surface area contributed by atoms with E-state index in [0.29, 0.717) is 32.8 Å². The number of hydrogen-bond donors (Lipinski definition) is 1. The largest absolute Gasteiger partial charge is 0.466 e. The van der Waals surface area contributed by atoms with Crippen molar-refractivity contribution in [3.05, 3.63) is 33.7 Å². The molecule has 6 nitrogen and oxygen atoms in total. The molecule has 0 saturated heterocycles. The number of aromatic nitrogens is 1. The maximum atomic E-state index is 12.2. The third-order valence-corrected chi connectivity index (χ3v) is 3.96. The summed E-state index contributed by atoms with van der Waals surface area (Å²) in [4.78, 5) is 30.4. The van der Waals surface area contributed by atoms with Gasteiger partial charge in [0.1, 0.15) is 16.4 Å². The van der Waals surface area contributed by atoms with Gasteiger partial charge in [0.2, 0.25) is 0 Å². The van der Waals surface area contributed by atoms with E-state index in [9.17, 15) is 9.59 Å². The Bertz CT molecular complexity index is 700. The molecule has 2 aromatic rings. The summed E-state index contributed by atoms with van der Waals surface area (Å²) in [6, 6.07) is 1.68. The second-order valence-electron chi connectivity index (χ2n) is 4.91. The average Bonchev–Trinajstić information content (AvgIpc) is 2.91. The number of amides is 2. The Hall–Kier alpha value is -2.15. The van der Waals surface area contributed by atoms with Crippen LogP contribution in [0.5, 0.6) is 0 Å². The van der Waals surface area contributed by atoms with Crippen molar-refractivity contribution in [2.75, 3.05) is 19.4 Å². The first-order chi connectivity index (χ1) is 9.79. The van der Waals surface area contributed by atoms with Crippen LogP contribution < -0.4 is 5.32 Å². The molecule has 1 N–H and O–H groups in total. The Labute approximate surface area is 126 Å². The van der Waals surface area contributed by atoms with Crippen LogP contribution in [0.3, 0.4) is 0 Å². The molecule has 21 heavy (non-hydrogen) atoms. The van der Waals surface area contributed by atoms with Crippen LogP contribution in [0, 0.1) is 20.8 Å². The monoisotopic (exact) mass is 307 g/mol. The Balaban J connectivity index is 2.21. The van der Waals surface area contributed by atoms with Crippen molar-refractivity contribution in [3.8, 4) is 0 Å². The molecular weight excluding hydrogens is 290 g/mol. The summed E-state index contributed by atoms with van der Waals surface area (Å²) in [5, 5.41) is 3.11. The summed E-state index contributed by atoms with van der Waals surface area (Å²) in [5.74, 6) is 0.821. The van der Waals surface area contributed by atoms with Crippen LogP contribution in [0.1, 0.15) is 37.2 Å². The fourth-order valence-electron chi connectivity index (χ4n) is 1.87. The van der Waals surface area contributed by atoms with E-state index in [-0.39, 0.29) is 11.8 Å². The molecule has 0 bridgehead atoms. The second-order valence-corrected chi connectivity index (χ2v) is 5.91. The molecule has 0 fully saturated rings. The zero-order valence-electron chi connectivity index (χ0n) is 12.6. The van der Waals surface area contributed by atoms with Gasteiger partial charge in [0.15, 0.2) is 5.13 Å². The summed E-state index contributed by atoms with van der Waals surface area (Å²) < 4.78 is 5.33. The summed E-state index contributed by atoms with van der Waals surface area (Å²) >= 11 is 1.17. The lowest BCUT2D eigenvalue weighted by molar-refractivity contribution is 0.0831. The molecule has 0 atom stereocenters. The Morgan fingerprint density at radius 1 is 1.29 bits per heavy atom. The molecule has 0 aliphatic heterocycles. The molecular formula is C14H17N3O3S. The van der Waals surface area contributed by atoms with Gasteiger partial charge in [-0.2, -0.15) is 0 Å². The number of carbonyl (C=O) groups excluding carboxylic acids is 2. The Morgan fingerprint density at radius 2 is 1.95 bits per heavy atom. The number of nitrogens with one attached hydrogen (secondary N) is 1. The first-order valence-electron chi connectivity index (χ1n) is 6.37. The number of anilines is 1. The maximum absolute atomic E-state index is 12.2. The van der Waals surface area contributed by atoms with Gasteiger partial charge in [-0.3, -0.25) is 14.9 Å². The highest BCUT2D eigenvalue weighted by atomic mass is 32.1. The molecule has 0 aliphatic carbocycles. The van der Waals surface area contributed by atoms with Crippen LogP contribution in [0.25, 0.3) is 0 Å². The van der Waals surface area contributed by atoms with Crippen LogP contribution in [-0.2, 0) is 0 Å². The normalized spacial score (nSPS) is 10.5. The van der Waals surface area contributed by atoms with E-state index < -0.39 is 0 Å². The van der Waals surface area contributed by atoms with Crippen molar-refractivity contribution >= 4 is 28.3 Å². The molecule has 2 aromatic heterocycles. The Kier molecular flexibility index (Phi) is 4.13. The lowest BCUT2D eigenvalue weighted by Crippen LogP contribution is -2.21. The second kappa shape index (κ2) is 5.69. The average molecular weight is 307 g/mol. The SMILES string of the molecule is Cc1cc(C(=O)Nc2nc(C)c(C(=O)N(C)C)s2)c(C)o1. The van der Waals surface area contributed by atoms with Gasteiger partial charge in [0.05, 0.1) is 11.3 Å². The quantitative estimate of drug-likeness (QED) is 0.945. The molecule has 0 spiro atoms. The van der Waals surface area contributed by atoms with Gasteiger partial charge in [-0.15, -0.1) is 0 Å². The molecule has 112 valence electrons. The number of carbonyl (C=O) groups is 2. The first-order valence-corrected chi connectivity index (χ1v) is 7.18. The lowest BCUT2D eigenvalue weighted by atomic mass is 10.2. The fourth-order valence-corrected chi connectivity index (χ4v) is 2.85. The smallest absolute Gasteiger partial charge is 0.265 e. The molecule has 0 radical (unpaired) electrons. The molecule has 2 heterocycles.